The maximum atomic E-state index is 10.2. The van der Waals surface area contributed by atoms with Crippen molar-refractivity contribution in [2.24, 2.45) is 0 Å². The standard InChI is InChI=1S/C14H19NO2/c1-11-5-6-13(12(2)10-11)7-9-15-8-3-4-14(16)17/h3-6,10,15H,7-9H2,1-2H3,(H,16,17)/b4-3+. The normalized spacial score (nSPS) is 10.9. The van der Waals surface area contributed by atoms with Gasteiger partial charge in [0, 0.05) is 12.6 Å². The van der Waals surface area contributed by atoms with Crippen LogP contribution in [0.3, 0.4) is 0 Å². The first-order valence-corrected chi connectivity index (χ1v) is 5.76. The summed E-state index contributed by atoms with van der Waals surface area (Å²) in [4.78, 5) is 10.2. The Hall–Kier alpha value is -1.61. The van der Waals surface area contributed by atoms with Crippen LogP contribution in [-0.4, -0.2) is 24.2 Å². The third-order valence-corrected chi connectivity index (χ3v) is 2.59. The average Bonchev–Trinajstić information content (AvgIpc) is 2.25. The molecule has 0 radical (unpaired) electrons. The second-order valence-electron chi connectivity index (χ2n) is 4.12. The van der Waals surface area contributed by atoms with Crippen molar-refractivity contribution in [3.63, 3.8) is 0 Å². The largest absolute Gasteiger partial charge is 0.478 e. The number of rotatable bonds is 6. The van der Waals surface area contributed by atoms with Crippen molar-refractivity contribution < 1.29 is 9.90 Å². The Morgan fingerprint density at radius 2 is 2.18 bits per heavy atom. The van der Waals surface area contributed by atoms with E-state index >= 15 is 0 Å². The van der Waals surface area contributed by atoms with Gasteiger partial charge < -0.3 is 10.4 Å². The van der Waals surface area contributed by atoms with E-state index in [1.54, 1.807) is 6.08 Å². The molecule has 0 fully saturated rings. The molecular weight excluding hydrogens is 214 g/mol. The molecule has 0 unspecified atom stereocenters. The quantitative estimate of drug-likeness (QED) is 0.584. The Morgan fingerprint density at radius 1 is 1.41 bits per heavy atom. The molecule has 0 amide bonds. The van der Waals surface area contributed by atoms with Crippen molar-refractivity contribution in [1.82, 2.24) is 5.32 Å². The van der Waals surface area contributed by atoms with Crippen molar-refractivity contribution in [2.45, 2.75) is 20.3 Å². The molecule has 0 saturated carbocycles. The number of carboxylic acids is 1. The smallest absolute Gasteiger partial charge is 0.328 e. The van der Waals surface area contributed by atoms with Crippen LogP contribution in [0.25, 0.3) is 0 Å². The molecule has 0 aliphatic rings. The van der Waals surface area contributed by atoms with Crippen molar-refractivity contribution >= 4 is 5.97 Å². The Labute approximate surface area is 102 Å². The van der Waals surface area contributed by atoms with Gasteiger partial charge in [-0.2, -0.15) is 0 Å². The highest BCUT2D eigenvalue weighted by atomic mass is 16.4. The lowest BCUT2D eigenvalue weighted by atomic mass is 10.0. The zero-order valence-electron chi connectivity index (χ0n) is 10.4. The van der Waals surface area contributed by atoms with Crippen molar-refractivity contribution in [1.29, 1.82) is 0 Å². The molecular formula is C14H19NO2. The second-order valence-corrected chi connectivity index (χ2v) is 4.12. The van der Waals surface area contributed by atoms with Crippen LogP contribution in [-0.2, 0) is 11.2 Å². The van der Waals surface area contributed by atoms with E-state index in [-0.39, 0.29) is 0 Å². The number of hydrogen-bond donors (Lipinski definition) is 2. The highest BCUT2D eigenvalue weighted by Crippen LogP contribution is 2.10. The summed E-state index contributed by atoms with van der Waals surface area (Å²) in [7, 11) is 0. The molecule has 1 aromatic rings. The van der Waals surface area contributed by atoms with Gasteiger partial charge in [0.1, 0.15) is 0 Å². The van der Waals surface area contributed by atoms with Crippen LogP contribution in [0.2, 0.25) is 0 Å². The molecule has 17 heavy (non-hydrogen) atoms. The summed E-state index contributed by atoms with van der Waals surface area (Å²) in [6.07, 6.45) is 3.74. The van der Waals surface area contributed by atoms with Gasteiger partial charge in [0.2, 0.25) is 0 Å². The van der Waals surface area contributed by atoms with Gasteiger partial charge in [-0.1, -0.05) is 29.8 Å². The Morgan fingerprint density at radius 3 is 2.82 bits per heavy atom. The minimum Gasteiger partial charge on any atom is -0.478 e. The SMILES string of the molecule is Cc1ccc(CCNC/C=C/C(=O)O)c(C)c1. The topological polar surface area (TPSA) is 49.3 Å². The second kappa shape index (κ2) is 6.86. The third-order valence-electron chi connectivity index (χ3n) is 2.59. The summed E-state index contributed by atoms with van der Waals surface area (Å²) in [5.74, 6) is -0.902. The lowest BCUT2D eigenvalue weighted by molar-refractivity contribution is -0.131. The zero-order chi connectivity index (χ0) is 12.7. The molecule has 1 rings (SSSR count). The lowest BCUT2D eigenvalue weighted by Gasteiger charge is -2.07. The summed E-state index contributed by atoms with van der Waals surface area (Å²) in [6, 6.07) is 6.45. The summed E-state index contributed by atoms with van der Waals surface area (Å²) in [5.41, 5.74) is 3.93. The van der Waals surface area contributed by atoms with E-state index in [4.69, 9.17) is 5.11 Å². The van der Waals surface area contributed by atoms with Crippen molar-refractivity contribution in [2.75, 3.05) is 13.1 Å². The van der Waals surface area contributed by atoms with E-state index < -0.39 is 5.97 Å². The molecule has 2 N–H and O–H groups in total. The first-order valence-electron chi connectivity index (χ1n) is 5.76. The van der Waals surface area contributed by atoms with Gasteiger partial charge >= 0.3 is 5.97 Å². The van der Waals surface area contributed by atoms with Crippen LogP contribution in [0.4, 0.5) is 0 Å². The fraction of sp³-hybridized carbons (Fsp3) is 0.357. The van der Waals surface area contributed by atoms with Gasteiger partial charge in [-0.25, -0.2) is 4.79 Å². The fourth-order valence-electron chi connectivity index (χ4n) is 1.69. The van der Waals surface area contributed by atoms with Crippen LogP contribution >= 0.6 is 0 Å². The maximum Gasteiger partial charge on any atom is 0.328 e. The lowest BCUT2D eigenvalue weighted by Crippen LogP contribution is -2.17. The number of carbonyl (C=O) groups is 1. The van der Waals surface area contributed by atoms with E-state index in [0.717, 1.165) is 19.0 Å². The molecule has 0 aliphatic heterocycles. The molecule has 92 valence electrons. The zero-order valence-corrected chi connectivity index (χ0v) is 10.4. The number of carboxylic acid groups (broad SMARTS) is 1. The Bertz CT molecular complexity index is 411. The first-order chi connectivity index (χ1) is 8.09. The van der Waals surface area contributed by atoms with Gasteiger partial charge in [-0.05, 0) is 37.9 Å². The number of aryl methyl sites for hydroxylation is 2. The van der Waals surface area contributed by atoms with Crippen LogP contribution in [0.15, 0.2) is 30.4 Å². The molecule has 0 aromatic heterocycles. The van der Waals surface area contributed by atoms with Crippen LogP contribution in [0.5, 0.6) is 0 Å². The number of nitrogens with one attached hydrogen (secondary N) is 1. The number of hydrogen-bond acceptors (Lipinski definition) is 2. The van der Waals surface area contributed by atoms with Gasteiger partial charge in [-0.15, -0.1) is 0 Å². The summed E-state index contributed by atoms with van der Waals surface area (Å²) < 4.78 is 0. The van der Waals surface area contributed by atoms with E-state index in [2.05, 4.69) is 37.4 Å². The van der Waals surface area contributed by atoms with E-state index in [1.807, 2.05) is 0 Å². The molecule has 0 heterocycles. The maximum absolute atomic E-state index is 10.2. The van der Waals surface area contributed by atoms with E-state index in [1.165, 1.54) is 16.7 Å². The van der Waals surface area contributed by atoms with E-state index in [9.17, 15) is 4.79 Å². The first kappa shape index (κ1) is 13.5. The number of benzene rings is 1. The molecule has 0 saturated heterocycles. The van der Waals surface area contributed by atoms with Gasteiger partial charge in [0.05, 0.1) is 0 Å². The third kappa shape index (κ3) is 5.31. The molecule has 0 aliphatic carbocycles. The molecule has 0 bridgehead atoms. The summed E-state index contributed by atoms with van der Waals surface area (Å²) >= 11 is 0. The molecule has 0 atom stereocenters. The predicted octanol–water partition coefficient (Wildman–Crippen LogP) is 2.08. The van der Waals surface area contributed by atoms with Crippen molar-refractivity contribution in [3.8, 4) is 0 Å². The summed E-state index contributed by atoms with van der Waals surface area (Å²) in [6.45, 7) is 5.66. The van der Waals surface area contributed by atoms with Crippen molar-refractivity contribution in [3.05, 3.63) is 47.0 Å². The van der Waals surface area contributed by atoms with Gasteiger partial charge in [0.25, 0.3) is 0 Å². The van der Waals surface area contributed by atoms with Crippen LogP contribution in [0.1, 0.15) is 16.7 Å². The van der Waals surface area contributed by atoms with Crippen LogP contribution < -0.4 is 5.32 Å². The minimum absolute atomic E-state index is 0.594. The fourth-order valence-corrected chi connectivity index (χ4v) is 1.69. The monoisotopic (exact) mass is 233 g/mol. The van der Waals surface area contributed by atoms with Gasteiger partial charge in [-0.3, -0.25) is 0 Å². The predicted molar refractivity (Wildman–Crippen MR) is 69.3 cm³/mol. The summed E-state index contributed by atoms with van der Waals surface area (Å²) in [5, 5.41) is 11.6. The van der Waals surface area contributed by atoms with Gasteiger partial charge in [0.15, 0.2) is 0 Å². The molecule has 3 nitrogen and oxygen atoms in total. The highest BCUT2D eigenvalue weighted by Gasteiger charge is 1.97. The van der Waals surface area contributed by atoms with Crippen LogP contribution in [0, 0.1) is 13.8 Å². The molecule has 1 aromatic carbocycles. The molecule has 0 spiro atoms. The molecule has 3 heteroatoms. The Balaban J connectivity index is 2.29. The number of aliphatic carboxylic acids is 1. The van der Waals surface area contributed by atoms with E-state index in [0.29, 0.717) is 6.54 Å². The average molecular weight is 233 g/mol. The highest BCUT2D eigenvalue weighted by molar-refractivity contribution is 5.79. The minimum atomic E-state index is -0.902. The Kier molecular flexibility index (Phi) is 5.43.